The minimum atomic E-state index is 0.0698. The molecule has 2 aromatic heterocycles. The van der Waals surface area contributed by atoms with E-state index in [9.17, 15) is 4.79 Å². The number of aromatic nitrogens is 3. The number of pyridine rings is 1. The third-order valence-corrected chi connectivity index (χ3v) is 4.25. The summed E-state index contributed by atoms with van der Waals surface area (Å²) in [5, 5.41) is 7.78. The van der Waals surface area contributed by atoms with E-state index in [1.807, 2.05) is 34.8 Å². The molecular formula is C17H22N4O. The van der Waals surface area contributed by atoms with Crippen LogP contribution in [-0.4, -0.2) is 20.4 Å². The molecule has 22 heavy (non-hydrogen) atoms. The van der Waals surface area contributed by atoms with Gasteiger partial charge in [-0.1, -0.05) is 12.1 Å². The van der Waals surface area contributed by atoms with Crippen LogP contribution in [0, 0.1) is 0 Å². The number of nitrogens with one attached hydrogen (secondary N) is 1. The first-order chi connectivity index (χ1) is 10.7. The molecule has 0 saturated heterocycles. The number of allylic oxidation sites excluding steroid dienone is 1. The third-order valence-electron chi connectivity index (χ3n) is 4.25. The highest BCUT2D eigenvalue weighted by Gasteiger charge is 2.21. The van der Waals surface area contributed by atoms with Gasteiger partial charge in [0, 0.05) is 49.7 Å². The molecule has 1 atom stereocenters. The summed E-state index contributed by atoms with van der Waals surface area (Å²) < 4.78 is 3.67. The highest BCUT2D eigenvalue weighted by molar-refractivity contribution is 5.26. The molecule has 5 nitrogen and oxygen atoms in total. The van der Waals surface area contributed by atoms with E-state index in [1.54, 1.807) is 12.1 Å². The van der Waals surface area contributed by atoms with E-state index in [1.165, 1.54) is 16.8 Å². The van der Waals surface area contributed by atoms with Crippen LogP contribution in [0.3, 0.4) is 0 Å². The Morgan fingerprint density at radius 3 is 3.09 bits per heavy atom. The Labute approximate surface area is 130 Å². The maximum absolute atomic E-state index is 12.0. The van der Waals surface area contributed by atoms with Gasteiger partial charge in [-0.2, -0.15) is 5.10 Å². The number of rotatable bonds is 5. The zero-order valence-electron chi connectivity index (χ0n) is 13.0. The van der Waals surface area contributed by atoms with Gasteiger partial charge in [-0.05, 0) is 24.8 Å². The van der Waals surface area contributed by atoms with Crippen molar-refractivity contribution in [1.82, 2.24) is 19.7 Å². The molecule has 116 valence electrons. The Balaban J connectivity index is 1.70. The van der Waals surface area contributed by atoms with E-state index in [-0.39, 0.29) is 5.56 Å². The van der Waals surface area contributed by atoms with Crippen molar-refractivity contribution in [1.29, 1.82) is 0 Å². The molecule has 0 fully saturated rings. The van der Waals surface area contributed by atoms with Crippen molar-refractivity contribution in [2.75, 3.05) is 0 Å². The summed E-state index contributed by atoms with van der Waals surface area (Å²) in [4.78, 5) is 12.0. The van der Waals surface area contributed by atoms with Gasteiger partial charge >= 0.3 is 0 Å². The molecule has 0 saturated carbocycles. The average Bonchev–Trinajstić information content (AvgIpc) is 2.94. The summed E-state index contributed by atoms with van der Waals surface area (Å²) in [5.41, 5.74) is 3.72. The molecule has 0 aromatic carbocycles. The highest BCUT2D eigenvalue weighted by Crippen LogP contribution is 2.20. The second-order valence-electron chi connectivity index (χ2n) is 5.89. The average molecular weight is 298 g/mol. The molecule has 3 rings (SSSR count). The van der Waals surface area contributed by atoms with Crippen molar-refractivity contribution in [3.05, 3.63) is 64.4 Å². The Bertz CT molecular complexity index is 729. The van der Waals surface area contributed by atoms with Crippen LogP contribution in [0.1, 0.15) is 23.2 Å². The van der Waals surface area contributed by atoms with Crippen LogP contribution in [0.4, 0.5) is 0 Å². The van der Waals surface area contributed by atoms with Gasteiger partial charge in [0.05, 0.1) is 6.20 Å². The predicted octanol–water partition coefficient (Wildman–Crippen LogP) is 1.41. The molecule has 2 heterocycles. The van der Waals surface area contributed by atoms with Crippen molar-refractivity contribution in [3.8, 4) is 0 Å². The SMILES string of the molecule is C=CCn1c2c(ccc1=O)CC(NCc1cnn(C)c1)CC2. The van der Waals surface area contributed by atoms with Gasteiger partial charge in [-0.3, -0.25) is 9.48 Å². The lowest BCUT2D eigenvalue weighted by atomic mass is 9.91. The fourth-order valence-electron chi connectivity index (χ4n) is 3.15. The van der Waals surface area contributed by atoms with Crippen LogP contribution < -0.4 is 10.9 Å². The topological polar surface area (TPSA) is 51.9 Å². The summed E-state index contributed by atoms with van der Waals surface area (Å²) in [6, 6.07) is 4.10. The standard InChI is InChI=1S/C17H22N4O/c1-3-8-21-16-6-5-15(9-14(16)4-7-17(21)22)18-10-13-11-19-20(2)12-13/h3-4,7,11-12,15,18H,1,5-6,8-10H2,2H3. The largest absolute Gasteiger partial charge is 0.309 e. The predicted molar refractivity (Wildman–Crippen MR) is 86.8 cm³/mol. The number of fused-ring (bicyclic) bond motifs is 1. The summed E-state index contributed by atoms with van der Waals surface area (Å²) in [7, 11) is 1.93. The van der Waals surface area contributed by atoms with Crippen LogP contribution in [-0.2, 0) is 33.0 Å². The molecule has 0 amide bonds. The van der Waals surface area contributed by atoms with Gasteiger partial charge in [-0.15, -0.1) is 6.58 Å². The van der Waals surface area contributed by atoms with E-state index < -0.39 is 0 Å². The smallest absolute Gasteiger partial charge is 0.251 e. The first-order valence-corrected chi connectivity index (χ1v) is 7.71. The van der Waals surface area contributed by atoms with Crippen LogP contribution in [0.2, 0.25) is 0 Å². The summed E-state index contributed by atoms with van der Waals surface area (Å²) >= 11 is 0. The Morgan fingerprint density at radius 2 is 2.36 bits per heavy atom. The maximum Gasteiger partial charge on any atom is 0.251 e. The van der Waals surface area contributed by atoms with E-state index in [2.05, 4.69) is 17.0 Å². The molecule has 1 unspecified atom stereocenters. The second kappa shape index (κ2) is 6.32. The van der Waals surface area contributed by atoms with Crippen molar-refractivity contribution >= 4 is 0 Å². The molecule has 0 spiro atoms. The Kier molecular flexibility index (Phi) is 4.24. The first kappa shape index (κ1) is 14.8. The van der Waals surface area contributed by atoms with Crippen LogP contribution >= 0.6 is 0 Å². The van der Waals surface area contributed by atoms with Crippen molar-refractivity contribution in [3.63, 3.8) is 0 Å². The molecule has 2 aromatic rings. The lowest BCUT2D eigenvalue weighted by Gasteiger charge is -2.27. The third kappa shape index (κ3) is 3.04. The monoisotopic (exact) mass is 298 g/mol. The molecule has 1 aliphatic rings. The van der Waals surface area contributed by atoms with Crippen molar-refractivity contribution in [2.24, 2.45) is 7.05 Å². The molecule has 0 radical (unpaired) electrons. The molecule has 1 N–H and O–H groups in total. The minimum absolute atomic E-state index is 0.0698. The van der Waals surface area contributed by atoms with Gasteiger partial charge in [-0.25, -0.2) is 0 Å². The fourth-order valence-corrected chi connectivity index (χ4v) is 3.15. The van der Waals surface area contributed by atoms with E-state index >= 15 is 0 Å². The highest BCUT2D eigenvalue weighted by atomic mass is 16.1. The van der Waals surface area contributed by atoms with Gasteiger partial charge in [0.2, 0.25) is 0 Å². The first-order valence-electron chi connectivity index (χ1n) is 7.71. The minimum Gasteiger partial charge on any atom is -0.309 e. The number of aryl methyl sites for hydroxylation is 1. The number of hydrogen-bond donors (Lipinski definition) is 1. The fraction of sp³-hybridized carbons (Fsp3) is 0.412. The molecule has 1 aliphatic carbocycles. The number of nitrogens with zero attached hydrogens (tertiary/aromatic N) is 3. The number of hydrogen-bond acceptors (Lipinski definition) is 3. The Hall–Kier alpha value is -2.14. The van der Waals surface area contributed by atoms with E-state index in [0.717, 1.165) is 25.8 Å². The van der Waals surface area contributed by atoms with Crippen molar-refractivity contribution in [2.45, 2.75) is 38.4 Å². The quantitative estimate of drug-likeness (QED) is 0.849. The van der Waals surface area contributed by atoms with Gasteiger partial charge in [0.1, 0.15) is 0 Å². The summed E-state index contributed by atoms with van der Waals surface area (Å²) in [5.74, 6) is 0. The van der Waals surface area contributed by atoms with Gasteiger partial charge < -0.3 is 9.88 Å². The zero-order valence-corrected chi connectivity index (χ0v) is 13.0. The lowest BCUT2D eigenvalue weighted by Crippen LogP contribution is -2.37. The molecule has 0 bridgehead atoms. The second-order valence-corrected chi connectivity index (χ2v) is 5.89. The molecule has 5 heteroatoms. The lowest BCUT2D eigenvalue weighted by molar-refractivity contribution is 0.443. The van der Waals surface area contributed by atoms with Gasteiger partial charge in [0.25, 0.3) is 5.56 Å². The van der Waals surface area contributed by atoms with E-state index in [0.29, 0.717) is 12.6 Å². The van der Waals surface area contributed by atoms with Crippen LogP contribution in [0.5, 0.6) is 0 Å². The summed E-state index contributed by atoms with van der Waals surface area (Å²) in [6.45, 7) is 5.17. The van der Waals surface area contributed by atoms with Gasteiger partial charge in [0.15, 0.2) is 0 Å². The van der Waals surface area contributed by atoms with Crippen molar-refractivity contribution < 1.29 is 0 Å². The maximum atomic E-state index is 12.0. The summed E-state index contributed by atoms with van der Waals surface area (Å²) in [6.07, 6.45) is 8.66. The molecule has 0 aliphatic heterocycles. The zero-order chi connectivity index (χ0) is 15.5. The molecular weight excluding hydrogens is 276 g/mol. The Morgan fingerprint density at radius 1 is 1.50 bits per heavy atom. The van der Waals surface area contributed by atoms with Crippen LogP contribution in [0.25, 0.3) is 0 Å². The van der Waals surface area contributed by atoms with Crippen LogP contribution in [0.15, 0.2) is 42.0 Å². The van der Waals surface area contributed by atoms with E-state index in [4.69, 9.17) is 0 Å². The normalized spacial score (nSPS) is 17.2.